The van der Waals surface area contributed by atoms with Crippen LogP contribution in [0.1, 0.15) is 30.0 Å². The summed E-state index contributed by atoms with van der Waals surface area (Å²) in [6.45, 7) is 1.56. The van der Waals surface area contributed by atoms with Crippen molar-refractivity contribution in [2.75, 3.05) is 20.2 Å². The second kappa shape index (κ2) is 8.91. The highest BCUT2D eigenvalue weighted by Gasteiger charge is 2.26. The number of carbonyl (C=O) groups excluding carboxylic acids is 1. The number of aromatic nitrogens is 1. The van der Waals surface area contributed by atoms with Gasteiger partial charge in [0.1, 0.15) is 5.75 Å². The molecule has 0 radical (unpaired) electrons. The van der Waals surface area contributed by atoms with Crippen molar-refractivity contribution in [2.45, 2.75) is 25.2 Å². The number of ether oxygens (including phenoxy) is 1. The van der Waals surface area contributed by atoms with Gasteiger partial charge in [-0.15, -0.1) is 0 Å². The van der Waals surface area contributed by atoms with Crippen molar-refractivity contribution >= 4 is 5.91 Å². The van der Waals surface area contributed by atoms with E-state index in [-0.39, 0.29) is 11.8 Å². The van der Waals surface area contributed by atoms with Crippen molar-refractivity contribution in [1.29, 1.82) is 0 Å². The fraction of sp³-hybridized carbons (Fsp3) is 0.280. The Labute approximate surface area is 172 Å². The summed E-state index contributed by atoms with van der Waals surface area (Å²) < 4.78 is 5.50. The molecule has 1 aliphatic rings. The van der Waals surface area contributed by atoms with Crippen molar-refractivity contribution in [3.8, 4) is 17.0 Å². The van der Waals surface area contributed by atoms with E-state index in [2.05, 4.69) is 12.1 Å². The van der Waals surface area contributed by atoms with Crippen LogP contribution in [0.2, 0.25) is 0 Å². The summed E-state index contributed by atoms with van der Waals surface area (Å²) in [5.74, 6) is 1.28. The highest BCUT2D eigenvalue weighted by Crippen LogP contribution is 2.31. The Morgan fingerprint density at radius 1 is 1.03 bits per heavy atom. The Kier molecular flexibility index (Phi) is 5.89. The molecule has 1 saturated heterocycles. The van der Waals surface area contributed by atoms with Crippen LogP contribution < -0.4 is 4.74 Å². The summed E-state index contributed by atoms with van der Waals surface area (Å²) in [5, 5.41) is 0. The number of rotatable bonds is 5. The average Bonchev–Trinajstić information content (AvgIpc) is 2.80. The number of amides is 1. The summed E-state index contributed by atoms with van der Waals surface area (Å²) in [5.41, 5.74) is 4.01. The van der Waals surface area contributed by atoms with Gasteiger partial charge in [-0.2, -0.15) is 0 Å². The lowest BCUT2D eigenvalue weighted by molar-refractivity contribution is -0.131. The number of para-hydroxylation sites is 1. The molecule has 0 saturated carbocycles. The Morgan fingerprint density at radius 3 is 2.66 bits per heavy atom. The summed E-state index contributed by atoms with van der Waals surface area (Å²) in [6.07, 6.45) is 2.52. The van der Waals surface area contributed by atoms with E-state index in [0.717, 1.165) is 54.2 Å². The first-order valence-electron chi connectivity index (χ1n) is 10.2. The molecule has 0 spiro atoms. The monoisotopic (exact) mass is 386 g/mol. The summed E-state index contributed by atoms with van der Waals surface area (Å²) in [6, 6.07) is 24.0. The number of benzene rings is 2. The van der Waals surface area contributed by atoms with E-state index in [1.54, 1.807) is 7.11 Å². The topological polar surface area (TPSA) is 42.4 Å². The summed E-state index contributed by atoms with van der Waals surface area (Å²) in [4.78, 5) is 19.7. The van der Waals surface area contributed by atoms with Crippen molar-refractivity contribution in [3.63, 3.8) is 0 Å². The molecule has 4 nitrogen and oxygen atoms in total. The third-order valence-electron chi connectivity index (χ3n) is 5.54. The second-order valence-electron chi connectivity index (χ2n) is 7.49. The molecule has 2 aromatic carbocycles. The average molecular weight is 386 g/mol. The standard InChI is InChI=1S/C25H26N2O2/c1-29-24-15-6-5-12-21(24)23-14-7-13-22(26-23)20-11-8-16-27(18-20)25(28)17-19-9-3-2-4-10-19/h2-7,9-10,12-15,20H,8,11,16-18H2,1H3/t20-/m0/s1. The van der Waals surface area contributed by atoms with E-state index in [1.807, 2.05) is 65.6 Å². The van der Waals surface area contributed by atoms with E-state index < -0.39 is 0 Å². The number of pyridine rings is 1. The lowest BCUT2D eigenvalue weighted by Crippen LogP contribution is -2.40. The second-order valence-corrected chi connectivity index (χ2v) is 7.49. The number of hydrogen-bond donors (Lipinski definition) is 0. The maximum Gasteiger partial charge on any atom is 0.227 e. The SMILES string of the molecule is COc1ccccc1-c1cccc([C@H]2CCCN(C(=O)Cc3ccccc3)C2)n1. The smallest absolute Gasteiger partial charge is 0.227 e. The van der Waals surface area contributed by atoms with E-state index in [0.29, 0.717) is 6.42 Å². The first-order valence-corrected chi connectivity index (χ1v) is 10.2. The van der Waals surface area contributed by atoms with Crippen LogP contribution in [0.3, 0.4) is 0 Å². The van der Waals surface area contributed by atoms with E-state index in [4.69, 9.17) is 9.72 Å². The normalized spacial score (nSPS) is 16.4. The molecule has 148 valence electrons. The Bertz CT molecular complexity index is 971. The van der Waals surface area contributed by atoms with Gasteiger partial charge in [-0.05, 0) is 42.7 Å². The van der Waals surface area contributed by atoms with Gasteiger partial charge in [0.2, 0.25) is 5.91 Å². The zero-order valence-corrected chi connectivity index (χ0v) is 16.8. The van der Waals surface area contributed by atoms with Crippen molar-refractivity contribution < 1.29 is 9.53 Å². The minimum absolute atomic E-state index is 0.196. The number of carbonyl (C=O) groups is 1. The van der Waals surface area contributed by atoms with Gasteiger partial charge in [0.25, 0.3) is 0 Å². The minimum atomic E-state index is 0.196. The molecule has 1 aliphatic heterocycles. The first kappa shape index (κ1) is 19.2. The molecule has 29 heavy (non-hydrogen) atoms. The quantitative estimate of drug-likeness (QED) is 0.638. The molecule has 4 heteroatoms. The van der Waals surface area contributed by atoms with E-state index in [9.17, 15) is 4.79 Å². The van der Waals surface area contributed by atoms with Crippen molar-refractivity contribution in [3.05, 3.63) is 84.1 Å². The highest BCUT2D eigenvalue weighted by molar-refractivity contribution is 5.79. The van der Waals surface area contributed by atoms with Gasteiger partial charge in [0.15, 0.2) is 0 Å². The molecule has 1 atom stereocenters. The van der Waals surface area contributed by atoms with Gasteiger partial charge >= 0.3 is 0 Å². The molecule has 0 unspecified atom stereocenters. The zero-order chi connectivity index (χ0) is 20.1. The Balaban J connectivity index is 1.50. The van der Waals surface area contributed by atoms with Gasteiger partial charge in [0, 0.05) is 30.3 Å². The van der Waals surface area contributed by atoms with Gasteiger partial charge in [-0.1, -0.05) is 48.5 Å². The van der Waals surface area contributed by atoms with Crippen molar-refractivity contribution in [1.82, 2.24) is 9.88 Å². The molecule has 4 rings (SSSR count). The molecule has 2 heterocycles. The minimum Gasteiger partial charge on any atom is -0.496 e. The predicted octanol–water partition coefficient (Wildman–Crippen LogP) is 4.71. The lowest BCUT2D eigenvalue weighted by Gasteiger charge is -2.32. The lowest BCUT2D eigenvalue weighted by atomic mass is 9.93. The molecule has 0 aliphatic carbocycles. The largest absolute Gasteiger partial charge is 0.496 e. The zero-order valence-electron chi connectivity index (χ0n) is 16.8. The Morgan fingerprint density at radius 2 is 1.83 bits per heavy atom. The first-order chi connectivity index (χ1) is 14.2. The van der Waals surface area contributed by atoms with Crippen LogP contribution in [0.15, 0.2) is 72.8 Å². The molecule has 1 amide bonds. The van der Waals surface area contributed by atoms with Crippen LogP contribution in [0.4, 0.5) is 0 Å². The van der Waals surface area contributed by atoms with Crippen LogP contribution in [0, 0.1) is 0 Å². The number of hydrogen-bond acceptors (Lipinski definition) is 3. The number of piperidine rings is 1. The van der Waals surface area contributed by atoms with Crippen LogP contribution in [0.25, 0.3) is 11.3 Å². The highest BCUT2D eigenvalue weighted by atomic mass is 16.5. The van der Waals surface area contributed by atoms with Gasteiger partial charge in [-0.3, -0.25) is 9.78 Å². The van der Waals surface area contributed by atoms with Gasteiger partial charge in [0.05, 0.1) is 19.2 Å². The number of methoxy groups -OCH3 is 1. The fourth-order valence-electron chi connectivity index (χ4n) is 4.01. The van der Waals surface area contributed by atoms with Crippen LogP contribution in [0.5, 0.6) is 5.75 Å². The molecular formula is C25H26N2O2. The molecular weight excluding hydrogens is 360 g/mol. The Hall–Kier alpha value is -3.14. The maximum atomic E-state index is 12.8. The van der Waals surface area contributed by atoms with E-state index in [1.165, 1.54) is 0 Å². The third-order valence-corrected chi connectivity index (χ3v) is 5.54. The molecule has 0 N–H and O–H groups in total. The fourth-order valence-corrected chi connectivity index (χ4v) is 4.01. The molecule has 0 bridgehead atoms. The van der Waals surface area contributed by atoms with Crippen LogP contribution in [-0.4, -0.2) is 36.0 Å². The maximum absolute atomic E-state index is 12.8. The summed E-state index contributed by atoms with van der Waals surface area (Å²) >= 11 is 0. The predicted molar refractivity (Wildman–Crippen MR) is 115 cm³/mol. The molecule has 3 aromatic rings. The molecule has 1 fully saturated rings. The van der Waals surface area contributed by atoms with E-state index >= 15 is 0 Å². The van der Waals surface area contributed by atoms with Crippen LogP contribution >= 0.6 is 0 Å². The summed E-state index contributed by atoms with van der Waals surface area (Å²) in [7, 11) is 1.68. The molecule has 1 aromatic heterocycles. The number of nitrogens with zero attached hydrogens (tertiary/aromatic N) is 2. The van der Waals surface area contributed by atoms with Gasteiger partial charge < -0.3 is 9.64 Å². The van der Waals surface area contributed by atoms with Gasteiger partial charge in [-0.25, -0.2) is 0 Å². The van der Waals surface area contributed by atoms with Crippen molar-refractivity contribution in [2.24, 2.45) is 0 Å². The third kappa shape index (κ3) is 4.48. The number of likely N-dealkylation sites (tertiary alicyclic amines) is 1. The van der Waals surface area contributed by atoms with Crippen LogP contribution in [-0.2, 0) is 11.2 Å².